The Labute approximate surface area is 185 Å². The monoisotopic (exact) mass is 468 g/mol. The fourth-order valence-corrected chi connectivity index (χ4v) is 4.41. The molecule has 0 atom stereocenters. The average molecular weight is 468 g/mol. The minimum Gasteiger partial charge on any atom is -0.503 e. The van der Waals surface area contributed by atoms with Gasteiger partial charge in [0.1, 0.15) is 11.5 Å². The Balaban J connectivity index is 1.70. The van der Waals surface area contributed by atoms with Crippen molar-refractivity contribution in [3.8, 4) is 17.0 Å². The molecule has 1 spiro atoms. The van der Waals surface area contributed by atoms with E-state index in [1.807, 2.05) is 13.8 Å². The van der Waals surface area contributed by atoms with Crippen LogP contribution in [0.25, 0.3) is 22.2 Å². The highest BCUT2D eigenvalue weighted by Gasteiger charge is 2.50. The number of nitrogens with zero attached hydrogens (tertiary/aromatic N) is 4. The van der Waals surface area contributed by atoms with Crippen molar-refractivity contribution < 1.29 is 31.8 Å². The molecular weight excluding hydrogens is 447 g/mol. The number of rotatable bonds is 3. The van der Waals surface area contributed by atoms with Gasteiger partial charge in [0.05, 0.1) is 29.8 Å². The van der Waals surface area contributed by atoms with Crippen molar-refractivity contribution in [2.24, 2.45) is 0 Å². The maximum Gasteiger partial charge on any atom is 0.419 e. The van der Waals surface area contributed by atoms with E-state index in [4.69, 9.17) is 4.74 Å². The van der Waals surface area contributed by atoms with Gasteiger partial charge in [-0.25, -0.2) is 13.8 Å². The first kappa shape index (κ1) is 21.9. The average Bonchev–Trinajstić information content (AvgIpc) is 3.41. The number of halogens is 5. The lowest BCUT2D eigenvalue weighted by molar-refractivity contribution is -0.140. The van der Waals surface area contributed by atoms with Crippen LogP contribution in [0.1, 0.15) is 38.3 Å². The quantitative estimate of drug-likeness (QED) is 0.545. The first-order valence-corrected chi connectivity index (χ1v) is 10.6. The van der Waals surface area contributed by atoms with E-state index in [9.17, 15) is 27.1 Å². The standard InChI is InChI=1S/C22H21F5N4O2/c1-11(2)31-15-8-16(30-5-6-33-10-21(30)3-4-21)28-9-13(15)19(29-31)12-7-14(22(25,26)27)18(24)20(32)17(12)23/h7-9,11,32H,3-6,10H2,1-2H3. The number of aromatic nitrogens is 3. The number of anilines is 1. The number of alkyl halides is 3. The van der Waals surface area contributed by atoms with Crippen molar-refractivity contribution in [2.75, 3.05) is 24.7 Å². The van der Waals surface area contributed by atoms with E-state index in [0.29, 0.717) is 42.5 Å². The van der Waals surface area contributed by atoms with E-state index >= 15 is 0 Å². The summed E-state index contributed by atoms with van der Waals surface area (Å²) in [5, 5.41) is 14.4. The lowest BCUT2D eigenvalue weighted by atomic mass is 10.0. The molecule has 1 saturated carbocycles. The molecule has 176 valence electrons. The normalized spacial score (nSPS) is 18.0. The lowest BCUT2D eigenvalue weighted by Gasteiger charge is -2.37. The summed E-state index contributed by atoms with van der Waals surface area (Å²) in [5.74, 6) is -4.58. The van der Waals surface area contributed by atoms with Crippen LogP contribution in [0.4, 0.5) is 27.8 Å². The minimum atomic E-state index is -5.12. The molecule has 0 unspecified atom stereocenters. The summed E-state index contributed by atoms with van der Waals surface area (Å²) in [6.07, 6.45) is -1.74. The van der Waals surface area contributed by atoms with Gasteiger partial charge < -0.3 is 14.7 Å². The molecule has 5 rings (SSSR count). The molecule has 1 N–H and O–H groups in total. The summed E-state index contributed by atoms with van der Waals surface area (Å²) in [4.78, 5) is 6.67. The van der Waals surface area contributed by atoms with E-state index in [2.05, 4.69) is 15.0 Å². The maximum absolute atomic E-state index is 14.8. The van der Waals surface area contributed by atoms with Crippen LogP contribution in [0.15, 0.2) is 18.3 Å². The van der Waals surface area contributed by atoms with E-state index in [0.717, 1.165) is 12.8 Å². The number of phenolic OH excluding ortho intramolecular Hbond substituents is 1. The largest absolute Gasteiger partial charge is 0.503 e. The predicted molar refractivity (Wildman–Crippen MR) is 110 cm³/mol. The maximum atomic E-state index is 14.8. The third-order valence-corrected chi connectivity index (χ3v) is 6.31. The van der Waals surface area contributed by atoms with E-state index in [1.165, 1.54) is 6.20 Å². The lowest BCUT2D eigenvalue weighted by Crippen LogP contribution is -2.48. The van der Waals surface area contributed by atoms with Crippen molar-refractivity contribution in [1.82, 2.24) is 14.8 Å². The highest BCUT2D eigenvalue weighted by molar-refractivity contribution is 5.94. The van der Waals surface area contributed by atoms with Gasteiger partial charge in [0.15, 0.2) is 17.4 Å². The molecular formula is C22H21F5N4O2. The molecule has 11 heteroatoms. The summed E-state index contributed by atoms with van der Waals surface area (Å²) in [5.41, 5.74) is -2.12. The van der Waals surface area contributed by atoms with Crippen molar-refractivity contribution >= 4 is 16.7 Å². The predicted octanol–water partition coefficient (Wildman–Crippen LogP) is 5.05. The number of phenols is 1. The summed E-state index contributed by atoms with van der Waals surface area (Å²) in [6, 6.07) is 1.91. The smallest absolute Gasteiger partial charge is 0.419 e. The third-order valence-electron chi connectivity index (χ3n) is 6.31. The van der Waals surface area contributed by atoms with Crippen LogP contribution >= 0.6 is 0 Å². The molecule has 3 heterocycles. The number of hydrogen-bond acceptors (Lipinski definition) is 5. The van der Waals surface area contributed by atoms with E-state index < -0.39 is 34.7 Å². The highest BCUT2D eigenvalue weighted by atomic mass is 19.4. The van der Waals surface area contributed by atoms with Gasteiger partial charge in [0.2, 0.25) is 0 Å². The Kier molecular flexibility index (Phi) is 4.82. The van der Waals surface area contributed by atoms with Crippen LogP contribution < -0.4 is 4.90 Å². The van der Waals surface area contributed by atoms with E-state index in [-0.39, 0.29) is 17.3 Å². The fourth-order valence-electron chi connectivity index (χ4n) is 4.41. The van der Waals surface area contributed by atoms with Gasteiger partial charge >= 0.3 is 6.18 Å². The second kappa shape index (κ2) is 7.28. The summed E-state index contributed by atoms with van der Waals surface area (Å²) in [6.45, 7) is 5.45. The van der Waals surface area contributed by atoms with Gasteiger partial charge in [-0.3, -0.25) is 4.68 Å². The summed E-state index contributed by atoms with van der Waals surface area (Å²) >= 11 is 0. The van der Waals surface area contributed by atoms with Crippen LogP contribution in [0, 0.1) is 11.6 Å². The molecule has 2 aromatic heterocycles. The first-order valence-electron chi connectivity index (χ1n) is 10.6. The van der Waals surface area contributed by atoms with Gasteiger partial charge in [-0.2, -0.15) is 18.3 Å². The zero-order valence-corrected chi connectivity index (χ0v) is 17.9. The Hall–Kier alpha value is -2.95. The van der Waals surface area contributed by atoms with Gasteiger partial charge in [-0.1, -0.05) is 0 Å². The number of fused-ring (bicyclic) bond motifs is 1. The summed E-state index contributed by atoms with van der Waals surface area (Å²) < 4.78 is 75.9. The molecule has 1 aliphatic heterocycles. The molecule has 0 bridgehead atoms. The van der Waals surface area contributed by atoms with Gasteiger partial charge in [-0.15, -0.1) is 0 Å². The number of pyridine rings is 1. The molecule has 3 aromatic rings. The van der Waals surface area contributed by atoms with Crippen molar-refractivity contribution in [1.29, 1.82) is 0 Å². The number of aromatic hydroxyl groups is 1. The number of ether oxygens (including phenoxy) is 1. The Morgan fingerprint density at radius 1 is 1.15 bits per heavy atom. The number of hydrogen-bond donors (Lipinski definition) is 1. The van der Waals surface area contributed by atoms with E-state index in [1.54, 1.807) is 10.7 Å². The van der Waals surface area contributed by atoms with Crippen molar-refractivity contribution in [2.45, 2.75) is 44.4 Å². The highest BCUT2D eigenvalue weighted by Crippen LogP contribution is 2.46. The molecule has 1 aromatic carbocycles. The van der Waals surface area contributed by atoms with Gasteiger partial charge in [0.25, 0.3) is 0 Å². The third kappa shape index (κ3) is 3.40. The van der Waals surface area contributed by atoms with Crippen LogP contribution in [0.3, 0.4) is 0 Å². The van der Waals surface area contributed by atoms with Gasteiger partial charge in [-0.05, 0) is 32.8 Å². The Morgan fingerprint density at radius 2 is 1.88 bits per heavy atom. The number of morpholine rings is 1. The van der Waals surface area contributed by atoms with Crippen LogP contribution in [0.2, 0.25) is 0 Å². The molecule has 2 aliphatic rings. The number of benzene rings is 1. The molecule has 2 fully saturated rings. The second-order valence-corrected chi connectivity index (χ2v) is 8.82. The van der Waals surface area contributed by atoms with Gasteiger partial charge in [0, 0.05) is 35.8 Å². The molecule has 0 radical (unpaired) electrons. The zero-order chi connectivity index (χ0) is 23.7. The molecule has 0 amide bonds. The van der Waals surface area contributed by atoms with Crippen molar-refractivity contribution in [3.05, 3.63) is 35.5 Å². The minimum absolute atomic E-state index is 0.0963. The topological polar surface area (TPSA) is 63.4 Å². The van der Waals surface area contributed by atoms with Crippen LogP contribution in [-0.2, 0) is 10.9 Å². The Bertz CT molecular complexity index is 1250. The zero-order valence-electron chi connectivity index (χ0n) is 17.9. The second-order valence-electron chi connectivity index (χ2n) is 8.82. The van der Waals surface area contributed by atoms with Crippen LogP contribution in [0.5, 0.6) is 5.75 Å². The fraction of sp³-hybridized carbons (Fsp3) is 0.455. The van der Waals surface area contributed by atoms with Crippen molar-refractivity contribution in [3.63, 3.8) is 0 Å². The first-order chi connectivity index (χ1) is 15.5. The molecule has 1 saturated heterocycles. The Morgan fingerprint density at radius 3 is 2.52 bits per heavy atom. The SMILES string of the molecule is CC(C)n1nc(-c2cc(C(F)(F)F)c(F)c(O)c2F)c2cnc(N3CCOCC34CC4)cc21. The molecule has 6 nitrogen and oxygen atoms in total. The molecule has 1 aliphatic carbocycles. The summed E-state index contributed by atoms with van der Waals surface area (Å²) in [7, 11) is 0. The van der Waals surface area contributed by atoms with Crippen LogP contribution in [-0.4, -0.2) is 45.2 Å². The molecule has 33 heavy (non-hydrogen) atoms.